The fourth-order valence-corrected chi connectivity index (χ4v) is 4.35. The maximum atomic E-state index is 12.6. The minimum Gasteiger partial charge on any atom is -0.486 e. The van der Waals surface area contributed by atoms with Crippen molar-refractivity contribution in [3.63, 3.8) is 0 Å². The van der Waals surface area contributed by atoms with Gasteiger partial charge in [0.15, 0.2) is 11.0 Å². The van der Waals surface area contributed by atoms with Crippen molar-refractivity contribution >= 4 is 39.3 Å². The first kappa shape index (κ1) is 23.1. The number of aryl methyl sites for hydroxylation is 2. The molecule has 0 saturated heterocycles. The van der Waals surface area contributed by atoms with E-state index in [1.54, 1.807) is 6.26 Å². The van der Waals surface area contributed by atoms with E-state index in [9.17, 15) is 4.79 Å². The summed E-state index contributed by atoms with van der Waals surface area (Å²) in [4.78, 5) is 12.6. The van der Waals surface area contributed by atoms with Crippen molar-refractivity contribution in [2.45, 2.75) is 32.2 Å². The Kier molecular flexibility index (Phi) is 7.51. The van der Waals surface area contributed by atoms with Crippen LogP contribution in [-0.4, -0.2) is 26.4 Å². The highest BCUT2D eigenvalue weighted by atomic mass is 79.9. The number of hydrogen-bond donors (Lipinski definition) is 1. The van der Waals surface area contributed by atoms with Crippen molar-refractivity contribution < 1.29 is 13.9 Å². The molecule has 0 unspecified atom stereocenters. The molecule has 4 aromatic rings. The molecule has 170 valence electrons. The van der Waals surface area contributed by atoms with Crippen LogP contribution in [-0.2, 0) is 17.9 Å². The zero-order valence-electron chi connectivity index (χ0n) is 18.2. The summed E-state index contributed by atoms with van der Waals surface area (Å²) in [6.45, 7) is 4.68. The maximum absolute atomic E-state index is 12.6. The number of ether oxygens (including phenoxy) is 1. The van der Waals surface area contributed by atoms with Crippen LogP contribution in [0, 0.1) is 13.8 Å². The van der Waals surface area contributed by atoms with Gasteiger partial charge in [0.1, 0.15) is 18.1 Å². The lowest BCUT2D eigenvalue weighted by Crippen LogP contribution is -2.16. The molecule has 0 spiro atoms. The Bertz CT molecular complexity index is 1220. The second kappa shape index (κ2) is 10.7. The monoisotopic (exact) mass is 526 g/mol. The molecular formula is C24H23BrN4O3S. The van der Waals surface area contributed by atoms with Gasteiger partial charge in [-0.05, 0) is 61.9 Å². The lowest BCUT2D eigenvalue weighted by atomic mass is 10.2. The summed E-state index contributed by atoms with van der Waals surface area (Å²) in [5, 5.41) is 12.2. The number of aromatic nitrogens is 3. The van der Waals surface area contributed by atoms with Gasteiger partial charge in [-0.15, -0.1) is 10.2 Å². The Morgan fingerprint density at radius 1 is 1.15 bits per heavy atom. The predicted molar refractivity (Wildman–Crippen MR) is 132 cm³/mol. The van der Waals surface area contributed by atoms with Crippen molar-refractivity contribution in [2.75, 3.05) is 11.1 Å². The summed E-state index contributed by atoms with van der Waals surface area (Å²) in [5.41, 5.74) is 2.94. The molecule has 2 heterocycles. The third-order valence-corrected chi connectivity index (χ3v) is 6.33. The van der Waals surface area contributed by atoms with Gasteiger partial charge in [0.05, 0.1) is 18.6 Å². The quantitative estimate of drug-likeness (QED) is 0.285. The Balaban J connectivity index is 1.44. The molecule has 2 aromatic heterocycles. The molecule has 1 N–H and O–H groups in total. The molecule has 9 heteroatoms. The standard InChI is InChI=1S/C24H23BrN4O3S/c1-16-5-8-19(9-6-16)32-14-22-27-28-24(29(22)13-20-4-3-11-31-20)33-15-23(30)26-21-10-7-18(25)12-17(21)2/h3-12H,13-15H2,1-2H3,(H,26,30). The van der Waals surface area contributed by atoms with Crippen LogP contribution in [0.2, 0.25) is 0 Å². The van der Waals surface area contributed by atoms with Gasteiger partial charge >= 0.3 is 0 Å². The second-order valence-corrected chi connectivity index (χ2v) is 9.32. The van der Waals surface area contributed by atoms with Crippen LogP contribution in [0.25, 0.3) is 0 Å². The van der Waals surface area contributed by atoms with Gasteiger partial charge in [-0.25, -0.2) is 0 Å². The molecular weight excluding hydrogens is 504 g/mol. The van der Waals surface area contributed by atoms with E-state index in [1.165, 1.54) is 17.3 Å². The normalized spacial score (nSPS) is 10.9. The second-order valence-electron chi connectivity index (χ2n) is 7.46. The van der Waals surface area contributed by atoms with Crippen molar-refractivity contribution in [2.24, 2.45) is 0 Å². The first-order valence-electron chi connectivity index (χ1n) is 10.3. The first-order valence-corrected chi connectivity index (χ1v) is 12.1. The third-order valence-electron chi connectivity index (χ3n) is 4.87. The summed E-state index contributed by atoms with van der Waals surface area (Å²) in [6, 6.07) is 17.3. The van der Waals surface area contributed by atoms with E-state index in [4.69, 9.17) is 9.15 Å². The molecule has 2 aromatic carbocycles. The van der Waals surface area contributed by atoms with Crippen molar-refractivity contribution in [3.8, 4) is 5.75 Å². The fraction of sp³-hybridized carbons (Fsp3) is 0.208. The topological polar surface area (TPSA) is 82.2 Å². The molecule has 0 aliphatic rings. The van der Waals surface area contributed by atoms with Gasteiger partial charge in [-0.3, -0.25) is 9.36 Å². The number of amides is 1. The molecule has 33 heavy (non-hydrogen) atoms. The van der Waals surface area contributed by atoms with E-state index in [0.29, 0.717) is 17.5 Å². The lowest BCUT2D eigenvalue weighted by Gasteiger charge is -2.11. The number of carbonyl (C=O) groups excluding carboxylic acids is 1. The Morgan fingerprint density at radius 3 is 2.70 bits per heavy atom. The molecule has 1 amide bonds. The SMILES string of the molecule is Cc1ccc(OCc2nnc(SCC(=O)Nc3ccc(Br)cc3C)n2Cc2ccco2)cc1. The van der Waals surface area contributed by atoms with Crippen molar-refractivity contribution in [1.82, 2.24) is 14.8 Å². The van der Waals surface area contributed by atoms with Crippen LogP contribution in [0.5, 0.6) is 5.75 Å². The number of thioether (sulfide) groups is 1. The van der Waals surface area contributed by atoms with Crippen LogP contribution in [0.1, 0.15) is 22.7 Å². The zero-order chi connectivity index (χ0) is 23.2. The van der Waals surface area contributed by atoms with Crippen LogP contribution in [0.15, 0.2) is 74.9 Å². The number of carbonyl (C=O) groups is 1. The number of benzene rings is 2. The summed E-state index contributed by atoms with van der Waals surface area (Å²) >= 11 is 4.76. The maximum Gasteiger partial charge on any atom is 0.234 e. The van der Waals surface area contributed by atoms with Gasteiger partial charge in [0.25, 0.3) is 0 Å². The number of nitrogens with one attached hydrogen (secondary N) is 1. The number of nitrogens with zero attached hydrogens (tertiary/aromatic N) is 3. The predicted octanol–water partition coefficient (Wildman–Crippen LogP) is 5.61. The van der Waals surface area contributed by atoms with Crippen LogP contribution < -0.4 is 10.1 Å². The van der Waals surface area contributed by atoms with Gasteiger partial charge in [-0.2, -0.15) is 0 Å². The molecule has 0 saturated carbocycles. The average molecular weight is 527 g/mol. The zero-order valence-corrected chi connectivity index (χ0v) is 20.6. The van der Waals surface area contributed by atoms with E-state index >= 15 is 0 Å². The number of halogens is 1. The third kappa shape index (κ3) is 6.27. The van der Waals surface area contributed by atoms with Crippen molar-refractivity contribution in [3.05, 3.63) is 88.0 Å². The van der Waals surface area contributed by atoms with E-state index in [2.05, 4.69) is 31.4 Å². The minimum absolute atomic E-state index is 0.115. The van der Waals surface area contributed by atoms with Gasteiger partial charge in [0.2, 0.25) is 5.91 Å². The number of furan rings is 1. The van der Waals surface area contributed by atoms with Crippen LogP contribution in [0.4, 0.5) is 5.69 Å². The van der Waals surface area contributed by atoms with E-state index < -0.39 is 0 Å². The Hall–Kier alpha value is -3.04. The largest absolute Gasteiger partial charge is 0.486 e. The van der Waals surface area contributed by atoms with Crippen molar-refractivity contribution in [1.29, 1.82) is 0 Å². The molecule has 0 aliphatic heterocycles. The lowest BCUT2D eigenvalue weighted by molar-refractivity contribution is -0.113. The van der Waals surface area contributed by atoms with Gasteiger partial charge in [0, 0.05) is 10.2 Å². The molecule has 0 fully saturated rings. The summed E-state index contributed by atoms with van der Waals surface area (Å²) < 4.78 is 14.3. The highest BCUT2D eigenvalue weighted by Gasteiger charge is 2.17. The highest BCUT2D eigenvalue weighted by molar-refractivity contribution is 9.10. The van der Waals surface area contributed by atoms with E-state index in [-0.39, 0.29) is 18.3 Å². The van der Waals surface area contributed by atoms with Crippen LogP contribution in [0.3, 0.4) is 0 Å². The molecule has 4 rings (SSSR count). The number of anilines is 1. The molecule has 7 nitrogen and oxygen atoms in total. The van der Waals surface area contributed by atoms with Gasteiger partial charge in [-0.1, -0.05) is 45.4 Å². The Labute approximate surface area is 204 Å². The minimum atomic E-state index is -0.115. The average Bonchev–Trinajstić information content (AvgIpc) is 3.44. The van der Waals surface area contributed by atoms with E-state index in [1.807, 2.05) is 73.0 Å². The smallest absolute Gasteiger partial charge is 0.234 e. The van der Waals surface area contributed by atoms with Crippen LogP contribution >= 0.6 is 27.7 Å². The summed E-state index contributed by atoms with van der Waals surface area (Å²) in [7, 11) is 0. The first-order chi connectivity index (χ1) is 16.0. The van der Waals surface area contributed by atoms with Gasteiger partial charge < -0.3 is 14.5 Å². The fourth-order valence-electron chi connectivity index (χ4n) is 3.12. The summed E-state index contributed by atoms with van der Waals surface area (Å²) in [5.74, 6) is 2.26. The highest BCUT2D eigenvalue weighted by Crippen LogP contribution is 2.23. The molecule has 0 bridgehead atoms. The molecule has 0 radical (unpaired) electrons. The molecule has 0 aliphatic carbocycles. The number of hydrogen-bond acceptors (Lipinski definition) is 6. The summed E-state index contributed by atoms with van der Waals surface area (Å²) in [6.07, 6.45) is 1.63. The van der Waals surface area contributed by atoms with E-state index in [0.717, 1.165) is 27.2 Å². The Morgan fingerprint density at radius 2 is 1.97 bits per heavy atom. The molecule has 0 atom stereocenters. The number of rotatable bonds is 9.